The second-order valence-electron chi connectivity index (χ2n) is 7.48. The number of anilines is 1. The number of carbonyl (C=O) groups is 1. The molecule has 0 aliphatic carbocycles. The van der Waals surface area contributed by atoms with E-state index in [0.717, 1.165) is 15.0 Å². The molecule has 0 aliphatic rings. The number of carbonyl (C=O) groups excluding carboxylic acids is 1. The Morgan fingerprint density at radius 1 is 1.06 bits per heavy atom. The summed E-state index contributed by atoms with van der Waals surface area (Å²) in [6.07, 6.45) is 1.78. The lowest BCUT2D eigenvalue weighted by Crippen LogP contribution is -2.41. The van der Waals surface area contributed by atoms with Crippen molar-refractivity contribution in [3.05, 3.63) is 115 Å². The molecule has 168 valence electrons. The first-order valence-corrected chi connectivity index (χ1v) is 11.1. The third kappa shape index (κ3) is 5.32. The third-order valence-electron chi connectivity index (χ3n) is 5.09. The van der Waals surface area contributed by atoms with Gasteiger partial charge < -0.3 is 5.32 Å². The quantitative estimate of drug-likeness (QED) is 0.455. The van der Waals surface area contributed by atoms with Crippen molar-refractivity contribution in [3.8, 4) is 0 Å². The average molecular weight is 465 g/mol. The van der Waals surface area contributed by atoms with Gasteiger partial charge in [0.1, 0.15) is 12.4 Å². The molecular formula is C24H21FN4O3S. The Kier molecular flexibility index (Phi) is 6.60. The monoisotopic (exact) mass is 464 g/mol. The van der Waals surface area contributed by atoms with Crippen LogP contribution in [0.15, 0.2) is 76.4 Å². The molecule has 1 amide bonds. The molecule has 9 heteroatoms. The van der Waals surface area contributed by atoms with Crippen LogP contribution in [-0.2, 0) is 24.3 Å². The second kappa shape index (κ2) is 9.74. The van der Waals surface area contributed by atoms with Crippen LogP contribution in [0.5, 0.6) is 0 Å². The number of aromatic nitrogens is 3. The SMILES string of the molecule is Cc1nc(NC(=O)Cn2c(=O)ccn(Cc3ccccc3)c2=O)sc1Cc1ccccc1F. The summed E-state index contributed by atoms with van der Waals surface area (Å²) in [6.45, 7) is 1.63. The zero-order chi connectivity index (χ0) is 23.4. The number of hydrogen-bond donors (Lipinski definition) is 1. The highest BCUT2D eigenvalue weighted by Gasteiger charge is 2.15. The molecule has 1 N–H and O–H groups in total. The van der Waals surface area contributed by atoms with Gasteiger partial charge in [-0.15, -0.1) is 11.3 Å². The molecule has 0 fully saturated rings. The van der Waals surface area contributed by atoms with E-state index in [2.05, 4.69) is 10.3 Å². The molecule has 0 saturated heterocycles. The van der Waals surface area contributed by atoms with Gasteiger partial charge in [-0.05, 0) is 24.1 Å². The Hall–Kier alpha value is -3.85. The normalized spacial score (nSPS) is 10.8. The molecule has 0 unspecified atom stereocenters. The summed E-state index contributed by atoms with van der Waals surface area (Å²) in [6, 6.07) is 17.1. The van der Waals surface area contributed by atoms with Crippen molar-refractivity contribution in [1.82, 2.24) is 14.1 Å². The number of halogens is 1. The topological polar surface area (TPSA) is 86.0 Å². The Balaban J connectivity index is 1.48. The van der Waals surface area contributed by atoms with Crippen molar-refractivity contribution in [2.75, 3.05) is 5.32 Å². The van der Waals surface area contributed by atoms with E-state index >= 15 is 0 Å². The largest absolute Gasteiger partial charge is 0.331 e. The number of amides is 1. The van der Waals surface area contributed by atoms with Gasteiger partial charge in [0.15, 0.2) is 5.13 Å². The molecule has 2 aromatic carbocycles. The van der Waals surface area contributed by atoms with Crippen LogP contribution in [0.25, 0.3) is 0 Å². The Bertz CT molecular complexity index is 1410. The fourth-order valence-corrected chi connectivity index (χ4v) is 4.37. The van der Waals surface area contributed by atoms with Crippen molar-refractivity contribution < 1.29 is 9.18 Å². The van der Waals surface area contributed by atoms with Gasteiger partial charge in [-0.25, -0.2) is 14.2 Å². The van der Waals surface area contributed by atoms with Crippen LogP contribution < -0.4 is 16.6 Å². The van der Waals surface area contributed by atoms with Gasteiger partial charge in [-0.1, -0.05) is 48.5 Å². The van der Waals surface area contributed by atoms with Crippen LogP contribution in [0.1, 0.15) is 21.7 Å². The zero-order valence-electron chi connectivity index (χ0n) is 17.8. The standard InChI is InChI=1S/C24H21FN4O3S/c1-16-20(13-18-9-5-6-10-19(18)25)33-23(26-16)27-21(30)15-29-22(31)11-12-28(24(29)32)14-17-7-3-2-4-8-17/h2-12H,13-15H2,1H3,(H,26,27,30). The lowest BCUT2D eigenvalue weighted by atomic mass is 10.1. The molecule has 4 aromatic rings. The van der Waals surface area contributed by atoms with Crippen molar-refractivity contribution in [2.45, 2.75) is 26.4 Å². The molecule has 7 nitrogen and oxygen atoms in total. The van der Waals surface area contributed by atoms with Crippen molar-refractivity contribution in [3.63, 3.8) is 0 Å². The van der Waals surface area contributed by atoms with E-state index in [0.29, 0.717) is 22.8 Å². The first-order valence-electron chi connectivity index (χ1n) is 10.2. The molecule has 0 bridgehead atoms. The highest BCUT2D eigenvalue weighted by molar-refractivity contribution is 7.15. The van der Waals surface area contributed by atoms with Gasteiger partial charge in [-0.2, -0.15) is 0 Å². The maximum absolute atomic E-state index is 14.0. The molecule has 0 aliphatic heterocycles. The number of nitrogens with zero attached hydrogens (tertiary/aromatic N) is 3. The Morgan fingerprint density at radius 2 is 1.79 bits per heavy atom. The van der Waals surface area contributed by atoms with E-state index in [1.807, 2.05) is 30.3 Å². The summed E-state index contributed by atoms with van der Waals surface area (Å²) < 4.78 is 16.2. The number of thiazole rings is 1. The molecule has 2 aromatic heterocycles. The smallest absolute Gasteiger partial charge is 0.300 e. The predicted molar refractivity (Wildman–Crippen MR) is 125 cm³/mol. The maximum Gasteiger partial charge on any atom is 0.331 e. The molecule has 2 heterocycles. The van der Waals surface area contributed by atoms with Crippen LogP contribution in [0.3, 0.4) is 0 Å². The predicted octanol–water partition coefficient (Wildman–Crippen LogP) is 3.19. The minimum absolute atomic E-state index is 0.284. The number of hydrogen-bond acceptors (Lipinski definition) is 5. The summed E-state index contributed by atoms with van der Waals surface area (Å²) in [7, 11) is 0. The van der Waals surface area contributed by atoms with Crippen LogP contribution in [0.4, 0.5) is 9.52 Å². The second-order valence-corrected chi connectivity index (χ2v) is 8.56. The average Bonchev–Trinajstić information content (AvgIpc) is 3.14. The van der Waals surface area contributed by atoms with E-state index in [4.69, 9.17) is 0 Å². The molecule has 0 spiro atoms. The first kappa shape index (κ1) is 22.3. The fourth-order valence-electron chi connectivity index (χ4n) is 3.37. The summed E-state index contributed by atoms with van der Waals surface area (Å²) in [5.41, 5.74) is 0.986. The van der Waals surface area contributed by atoms with E-state index in [9.17, 15) is 18.8 Å². The summed E-state index contributed by atoms with van der Waals surface area (Å²) in [4.78, 5) is 42.7. The lowest BCUT2D eigenvalue weighted by Gasteiger charge is -2.09. The highest BCUT2D eigenvalue weighted by atomic mass is 32.1. The van der Waals surface area contributed by atoms with Gasteiger partial charge in [0.2, 0.25) is 5.91 Å². The minimum atomic E-state index is -0.572. The van der Waals surface area contributed by atoms with Gasteiger partial charge in [-0.3, -0.25) is 18.7 Å². The highest BCUT2D eigenvalue weighted by Crippen LogP contribution is 2.26. The number of benzene rings is 2. The van der Waals surface area contributed by atoms with Crippen molar-refractivity contribution in [1.29, 1.82) is 0 Å². The van der Waals surface area contributed by atoms with Crippen LogP contribution >= 0.6 is 11.3 Å². The van der Waals surface area contributed by atoms with Crippen molar-refractivity contribution >= 4 is 22.4 Å². The van der Waals surface area contributed by atoms with Gasteiger partial charge in [0.05, 0.1) is 12.2 Å². The minimum Gasteiger partial charge on any atom is -0.300 e. The Labute approximate surface area is 192 Å². The first-order chi connectivity index (χ1) is 15.9. The van der Waals surface area contributed by atoms with Crippen LogP contribution in [0, 0.1) is 12.7 Å². The number of aryl methyl sites for hydroxylation is 1. The van der Waals surface area contributed by atoms with Crippen LogP contribution in [-0.4, -0.2) is 20.0 Å². The van der Waals surface area contributed by atoms with Gasteiger partial charge >= 0.3 is 5.69 Å². The molecule has 0 saturated carbocycles. The van der Waals surface area contributed by atoms with Gasteiger partial charge in [0, 0.05) is 23.6 Å². The summed E-state index contributed by atoms with van der Waals surface area (Å²) in [5.74, 6) is -0.844. The van der Waals surface area contributed by atoms with Gasteiger partial charge in [0.25, 0.3) is 5.56 Å². The molecule has 33 heavy (non-hydrogen) atoms. The van der Waals surface area contributed by atoms with E-state index < -0.39 is 23.7 Å². The maximum atomic E-state index is 14.0. The summed E-state index contributed by atoms with van der Waals surface area (Å²) >= 11 is 1.23. The number of rotatable bonds is 7. The van der Waals surface area contributed by atoms with E-state index in [-0.39, 0.29) is 12.4 Å². The van der Waals surface area contributed by atoms with E-state index in [1.165, 1.54) is 34.2 Å². The third-order valence-corrected chi connectivity index (χ3v) is 6.16. The summed E-state index contributed by atoms with van der Waals surface area (Å²) in [5, 5.41) is 2.97. The van der Waals surface area contributed by atoms with Crippen LogP contribution in [0.2, 0.25) is 0 Å². The number of nitrogens with one attached hydrogen (secondary N) is 1. The lowest BCUT2D eigenvalue weighted by molar-refractivity contribution is -0.116. The zero-order valence-corrected chi connectivity index (χ0v) is 18.6. The van der Waals surface area contributed by atoms with Crippen molar-refractivity contribution in [2.24, 2.45) is 0 Å². The molecular weight excluding hydrogens is 443 g/mol. The molecule has 4 rings (SSSR count). The molecule has 0 radical (unpaired) electrons. The van der Waals surface area contributed by atoms with E-state index in [1.54, 1.807) is 25.1 Å². The molecule has 0 atom stereocenters. The Morgan fingerprint density at radius 3 is 2.55 bits per heavy atom. The fraction of sp³-hybridized carbons (Fsp3) is 0.167.